The molecule has 0 aliphatic heterocycles. The molecule has 0 radical (unpaired) electrons. The van der Waals surface area contributed by atoms with Gasteiger partial charge >= 0.3 is 7.12 Å². The molecule has 0 fully saturated rings. The van der Waals surface area contributed by atoms with Crippen molar-refractivity contribution in [1.82, 2.24) is 0 Å². The first kappa shape index (κ1) is 13.2. The minimum Gasteiger partial charge on any atom is -0.423 e. The lowest BCUT2D eigenvalue weighted by molar-refractivity contribution is 0.118. The van der Waals surface area contributed by atoms with E-state index < -0.39 is 12.9 Å². The molecule has 16 heavy (non-hydrogen) atoms. The summed E-state index contributed by atoms with van der Waals surface area (Å²) in [5.41, 5.74) is 0.758. The molecule has 0 aliphatic carbocycles. The minimum absolute atomic E-state index is 0.147. The highest BCUT2D eigenvalue weighted by molar-refractivity contribution is 6.58. The number of unbranched alkanes of at least 4 members (excludes halogenated alkanes) is 1. The molecule has 0 heterocycles. The fourth-order valence-corrected chi connectivity index (χ4v) is 1.34. The molecule has 0 spiro atoms. The van der Waals surface area contributed by atoms with Crippen LogP contribution in [0.5, 0.6) is 0 Å². The fraction of sp³-hybridized carbons (Fsp3) is 0.455. The van der Waals surface area contributed by atoms with Gasteiger partial charge < -0.3 is 14.8 Å². The standard InChI is InChI=1S/C11H16BFO3/c1-2-3-4-16-8-9-5-10(12(14)15)7-11(13)6-9/h5-7,14-15H,2-4,8H2,1H3. The van der Waals surface area contributed by atoms with E-state index in [1.807, 2.05) is 0 Å². The van der Waals surface area contributed by atoms with Crippen molar-refractivity contribution in [2.75, 3.05) is 6.61 Å². The van der Waals surface area contributed by atoms with Crippen molar-refractivity contribution in [2.24, 2.45) is 0 Å². The molecular formula is C11H16BFO3. The van der Waals surface area contributed by atoms with Crippen molar-refractivity contribution in [3.63, 3.8) is 0 Å². The van der Waals surface area contributed by atoms with Gasteiger partial charge in [-0.1, -0.05) is 19.4 Å². The van der Waals surface area contributed by atoms with Crippen LogP contribution in [0, 0.1) is 5.82 Å². The number of ether oxygens (including phenoxy) is 1. The first-order valence-electron chi connectivity index (χ1n) is 5.36. The van der Waals surface area contributed by atoms with Crippen LogP contribution >= 0.6 is 0 Å². The van der Waals surface area contributed by atoms with Crippen LogP contribution in [0.25, 0.3) is 0 Å². The molecule has 0 amide bonds. The lowest BCUT2D eigenvalue weighted by Gasteiger charge is -2.06. The Balaban J connectivity index is 2.58. The molecule has 0 bridgehead atoms. The quantitative estimate of drug-likeness (QED) is 0.557. The van der Waals surface area contributed by atoms with Gasteiger partial charge in [-0.2, -0.15) is 0 Å². The van der Waals surface area contributed by atoms with E-state index in [1.165, 1.54) is 12.1 Å². The van der Waals surface area contributed by atoms with Gasteiger partial charge in [-0.25, -0.2) is 4.39 Å². The molecule has 5 heteroatoms. The van der Waals surface area contributed by atoms with Gasteiger partial charge in [0.1, 0.15) is 5.82 Å². The highest BCUT2D eigenvalue weighted by Crippen LogP contribution is 2.04. The predicted octanol–water partition coefficient (Wildman–Crippen LogP) is 0.822. The molecule has 2 N–H and O–H groups in total. The average molecular weight is 226 g/mol. The zero-order valence-electron chi connectivity index (χ0n) is 9.32. The fourth-order valence-electron chi connectivity index (χ4n) is 1.34. The van der Waals surface area contributed by atoms with Gasteiger partial charge in [-0.05, 0) is 29.6 Å². The summed E-state index contributed by atoms with van der Waals surface area (Å²) >= 11 is 0. The zero-order chi connectivity index (χ0) is 12.0. The van der Waals surface area contributed by atoms with Crippen LogP contribution in [0.1, 0.15) is 25.3 Å². The van der Waals surface area contributed by atoms with Gasteiger partial charge in [0.15, 0.2) is 0 Å². The highest BCUT2D eigenvalue weighted by atomic mass is 19.1. The Bertz CT molecular complexity index is 331. The van der Waals surface area contributed by atoms with Gasteiger partial charge in [-0.15, -0.1) is 0 Å². The van der Waals surface area contributed by atoms with Crippen molar-refractivity contribution in [3.05, 3.63) is 29.6 Å². The maximum Gasteiger partial charge on any atom is 0.488 e. The number of hydrogen-bond donors (Lipinski definition) is 2. The summed E-state index contributed by atoms with van der Waals surface area (Å²) < 4.78 is 18.4. The predicted molar refractivity (Wildman–Crippen MR) is 60.8 cm³/mol. The molecule has 3 nitrogen and oxygen atoms in total. The third kappa shape index (κ3) is 4.30. The Morgan fingerprint density at radius 2 is 2.06 bits per heavy atom. The van der Waals surface area contributed by atoms with Crippen molar-refractivity contribution in [1.29, 1.82) is 0 Å². The van der Waals surface area contributed by atoms with Gasteiger partial charge in [0.25, 0.3) is 0 Å². The average Bonchev–Trinajstić information content (AvgIpc) is 2.23. The third-order valence-corrected chi connectivity index (χ3v) is 2.19. The Labute approximate surface area is 95.0 Å². The van der Waals surface area contributed by atoms with Gasteiger partial charge in [-0.3, -0.25) is 0 Å². The van der Waals surface area contributed by atoms with Crippen molar-refractivity contribution < 1.29 is 19.2 Å². The molecule has 0 saturated carbocycles. The van der Waals surface area contributed by atoms with Gasteiger partial charge in [0, 0.05) is 6.61 Å². The number of benzene rings is 1. The summed E-state index contributed by atoms with van der Waals surface area (Å²) in [6.07, 6.45) is 2.01. The van der Waals surface area contributed by atoms with E-state index in [9.17, 15) is 4.39 Å². The van der Waals surface area contributed by atoms with Crippen molar-refractivity contribution in [3.8, 4) is 0 Å². The number of halogens is 1. The zero-order valence-corrected chi connectivity index (χ0v) is 9.32. The third-order valence-electron chi connectivity index (χ3n) is 2.19. The van der Waals surface area contributed by atoms with Crippen LogP contribution in [-0.4, -0.2) is 23.8 Å². The maximum absolute atomic E-state index is 13.1. The molecule has 0 aromatic heterocycles. The Hall–Kier alpha value is -0.905. The first-order valence-corrected chi connectivity index (χ1v) is 5.36. The number of hydrogen-bond acceptors (Lipinski definition) is 3. The molecule has 88 valence electrons. The SMILES string of the molecule is CCCCOCc1cc(F)cc(B(O)O)c1. The Kier molecular flexibility index (Phi) is 5.45. The molecule has 0 atom stereocenters. The second-order valence-electron chi connectivity index (χ2n) is 3.67. The van der Waals surface area contributed by atoms with E-state index in [-0.39, 0.29) is 12.1 Å². The topological polar surface area (TPSA) is 49.7 Å². The maximum atomic E-state index is 13.1. The van der Waals surface area contributed by atoms with Crippen molar-refractivity contribution in [2.45, 2.75) is 26.4 Å². The van der Waals surface area contributed by atoms with Gasteiger partial charge in [0.2, 0.25) is 0 Å². The van der Waals surface area contributed by atoms with E-state index in [0.29, 0.717) is 12.2 Å². The van der Waals surface area contributed by atoms with E-state index >= 15 is 0 Å². The van der Waals surface area contributed by atoms with Crippen LogP contribution in [0.4, 0.5) is 4.39 Å². The molecule has 0 unspecified atom stereocenters. The normalized spacial score (nSPS) is 10.5. The highest BCUT2D eigenvalue weighted by Gasteiger charge is 2.13. The van der Waals surface area contributed by atoms with Crippen molar-refractivity contribution >= 4 is 12.6 Å². The van der Waals surface area contributed by atoms with E-state index in [0.717, 1.165) is 18.9 Å². The smallest absolute Gasteiger partial charge is 0.423 e. The second-order valence-corrected chi connectivity index (χ2v) is 3.67. The summed E-state index contributed by atoms with van der Waals surface area (Å²) in [4.78, 5) is 0. The Morgan fingerprint density at radius 1 is 1.31 bits per heavy atom. The molecule has 0 saturated heterocycles. The largest absolute Gasteiger partial charge is 0.488 e. The minimum atomic E-state index is -1.65. The van der Waals surface area contributed by atoms with E-state index in [4.69, 9.17) is 14.8 Å². The molecule has 1 aromatic carbocycles. The number of rotatable bonds is 6. The summed E-state index contributed by atoms with van der Waals surface area (Å²) in [6, 6.07) is 3.96. The first-order chi connectivity index (χ1) is 7.63. The second kappa shape index (κ2) is 6.63. The van der Waals surface area contributed by atoms with E-state index in [1.54, 1.807) is 0 Å². The van der Waals surface area contributed by atoms with Crippen LogP contribution in [-0.2, 0) is 11.3 Å². The summed E-state index contributed by atoms with van der Waals surface area (Å²) in [6.45, 7) is 2.98. The summed E-state index contributed by atoms with van der Waals surface area (Å²) in [5, 5.41) is 17.9. The lowest BCUT2D eigenvalue weighted by atomic mass is 9.79. The lowest BCUT2D eigenvalue weighted by Crippen LogP contribution is -2.30. The monoisotopic (exact) mass is 226 g/mol. The summed E-state index contributed by atoms with van der Waals surface area (Å²) in [7, 11) is -1.65. The van der Waals surface area contributed by atoms with Crippen LogP contribution in [0.2, 0.25) is 0 Å². The molecular weight excluding hydrogens is 210 g/mol. The van der Waals surface area contributed by atoms with Crippen LogP contribution in [0.15, 0.2) is 18.2 Å². The van der Waals surface area contributed by atoms with E-state index in [2.05, 4.69) is 6.92 Å². The molecule has 1 aromatic rings. The molecule has 1 rings (SSSR count). The molecule has 0 aliphatic rings. The van der Waals surface area contributed by atoms with Gasteiger partial charge in [0.05, 0.1) is 6.61 Å². The van der Waals surface area contributed by atoms with Crippen LogP contribution < -0.4 is 5.46 Å². The van der Waals surface area contributed by atoms with Crippen LogP contribution in [0.3, 0.4) is 0 Å². The summed E-state index contributed by atoms with van der Waals surface area (Å²) in [5.74, 6) is -0.486. The Morgan fingerprint density at radius 3 is 2.69 bits per heavy atom.